The Hall–Kier alpha value is -0.0400. The van der Waals surface area contributed by atoms with Crippen LogP contribution in [-0.2, 0) is 0 Å². The van der Waals surface area contributed by atoms with Gasteiger partial charge in [-0.15, -0.1) is 24.0 Å². The second-order valence-corrected chi connectivity index (χ2v) is 7.83. The molecule has 1 saturated carbocycles. The van der Waals surface area contributed by atoms with Crippen LogP contribution < -0.4 is 5.32 Å². The van der Waals surface area contributed by atoms with E-state index in [2.05, 4.69) is 48.1 Å². The van der Waals surface area contributed by atoms with Crippen LogP contribution >= 0.6 is 24.0 Å². The monoisotopic (exact) mass is 408 g/mol. The van der Waals surface area contributed by atoms with Crippen LogP contribution in [0.25, 0.3) is 0 Å². The van der Waals surface area contributed by atoms with Gasteiger partial charge in [0, 0.05) is 33.2 Å². The highest BCUT2D eigenvalue weighted by atomic mass is 127. The highest BCUT2D eigenvalue weighted by Gasteiger charge is 2.43. The lowest BCUT2D eigenvalue weighted by molar-refractivity contribution is 0.151. The maximum atomic E-state index is 4.49. The van der Waals surface area contributed by atoms with E-state index in [1.165, 1.54) is 38.8 Å². The van der Waals surface area contributed by atoms with Crippen LogP contribution in [0.15, 0.2) is 4.99 Å². The maximum Gasteiger partial charge on any atom is 0.193 e. The van der Waals surface area contributed by atoms with Gasteiger partial charge in [0.1, 0.15) is 0 Å². The second kappa shape index (κ2) is 7.49. The van der Waals surface area contributed by atoms with E-state index in [9.17, 15) is 0 Å². The summed E-state index contributed by atoms with van der Waals surface area (Å²) in [4.78, 5) is 9.21. The van der Waals surface area contributed by atoms with Gasteiger partial charge in [-0.25, -0.2) is 0 Å². The number of halogens is 1. The van der Waals surface area contributed by atoms with Crippen molar-refractivity contribution >= 4 is 29.9 Å². The minimum absolute atomic E-state index is 0. The van der Waals surface area contributed by atoms with Crippen molar-refractivity contribution in [1.82, 2.24) is 15.1 Å². The molecule has 124 valence electrons. The predicted molar refractivity (Wildman–Crippen MR) is 102 cm³/mol. The number of guanidine groups is 1. The van der Waals surface area contributed by atoms with Crippen molar-refractivity contribution in [2.45, 2.75) is 39.5 Å². The third-order valence-electron chi connectivity index (χ3n) is 4.83. The lowest BCUT2D eigenvalue weighted by Crippen LogP contribution is -2.47. The maximum absolute atomic E-state index is 4.49. The fraction of sp³-hybridized carbons (Fsp3) is 0.938. The summed E-state index contributed by atoms with van der Waals surface area (Å²) >= 11 is 0. The Morgan fingerprint density at radius 3 is 2.38 bits per heavy atom. The Balaban J connectivity index is 0.00000220. The number of nitrogens with zero attached hydrogens (tertiary/aromatic N) is 3. The van der Waals surface area contributed by atoms with Gasteiger partial charge < -0.3 is 15.1 Å². The van der Waals surface area contributed by atoms with Crippen LogP contribution in [0.1, 0.15) is 39.5 Å². The molecule has 21 heavy (non-hydrogen) atoms. The quantitative estimate of drug-likeness (QED) is 0.441. The second-order valence-electron chi connectivity index (χ2n) is 7.83. The van der Waals surface area contributed by atoms with Crippen molar-refractivity contribution in [1.29, 1.82) is 0 Å². The molecule has 2 rings (SSSR count). The molecule has 0 aromatic rings. The van der Waals surface area contributed by atoms with Gasteiger partial charge in [0.15, 0.2) is 5.96 Å². The molecule has 1 N–H and O–H groups in total. The van der Waals surface area contributed by atoms with Gasteiger partial charge in [0.05, 0.1) is 0 Å². The van der Waals surface area contributed by atoms with Crippen molar-refractivity contribution < 1.29 is 0 Å². The molecule has 1 heterocycles. The first-order valence-electron chi connectivity index (χ1n) is 7.96. The summed E-state index contributed by atoms with van der Waals surface area (Å²) in [6.07, 6.45) is 5.63. The van der Waals surface area contributed by atoms with E-state index in [0.29, 0.717) is 5.41 Å². The summed E-state index contributed by atoms with van der Waals surface area (Å²) in [5.74, 6) is 1.10. The molecule has 5 heteroatoms. The molecule has 2 fully saturated rings. The van der Waals surface area contributed by atoms with Gasteiger partial charge in [-0.2, -0.15) is 0 Å². The van der Waals surface area contributed by atoms with Crippen molar-refractivity contribution in [2.24, 2.45) is 15.8 Å². The lowest BCUT2D eigenvalue weighted by atomic mass is 9.68. The summed E-state index contributed by atoms with van der Waals surface area (Å²) in [5.41, 5.74) is 0.893. The van der Waals surface area contributed by atoms with E-state index in [-0.39, 0.29) is 29.4 Å². The first-order valence-corrected chi connectivity index (χ1v) is 7.96. The smallest absolute Gasteiger partial charge is 0.193 e. The topological polar surface area (TPSA) is 30.9 Å². The average Bonchev–Trinajstić information content (AvgIpc) is 2.73. The minimum Gasteiger partial charge on any atom is -0.356 e. The first kappa shape index (κ1) is 19.0. The van der Waals surface area contributed by atoms with Crippen molar-refractivity contribution in [2.75, 3.05) is 47.3 Å². The van der Waals surface area contributed by atoms with Gasteiger partial charge in [-0.1, -0.05) is 20.3 Å². The Morgan fingerprint density at radius 1 is 1.29 bits per heavy atom. The average molecular weight is 408 g/mol. The normalized spacial score (nSPS) is 21.4. The number of hydrogen-bond acceptors (Lipinski definition) is 2. The van der Waals surface area contributed by atoms with Gasteiger partial charge in [0.25, 0.3) is 0 Å². The zero-order valence-corrected chi connectivity index (χ0v) is 16.7. The summed E-state index contributed by atoms with van der Waals surface area (Å²) < 4.78 is 0. The molecule has 2 aliphatic rings. The Bertz CT molecular complexity index is 361. The zero-order valence-electron chi connectivity index (χ0n) is 14.4. The fourth-order valence-electron chi connectivity index (χ4n) is 3.76. The zero-order chi connectivity index (χ0) is 14.8. The van der Waals surface area contributed by atoms with Crippen LogP contribution in [-0.4, -0.2) is 63.1 Å². The fourth-order valence-corrected chi connectivity index (χ4v) is 3.76. The van der Waals surface area contributed by atoms with Gasteiger partial charge in [-0.3, -0.25) is 4.99 Å². The molecule has 1 spiro atoms. The number of aliphatic imine (C=N–C) groups is 1. The molecule has 0 aromatic carbocycles. The highest BCUT2D eigenvalue weighted by Crippen LogP contribution is 2.47. The van der Waals surface area contributed by atoms with Crippen LogP contribution in [0, 0.1) is 10.8 Å². The Morgan fingerprint density at radius 2 is 1.95 bits per heavy atom. The van der Waals surface area contributed by atoms with Crippen LogP contribution in [0.4, 0.5) is 0 Å². The first-order chi connectivity index (χ1) is 9.36. The highest BCUT2D eigenvalue weighted by molar-refractivity contribution is 14.0. The molecule has 0 amide bonds. The largest absolute Gasteiger partial charge is 0.356 e. The van der Waals surface area contributed by atoms with E-state index in [1.54, 1.807) is 0 Å². The van der Waals surface area contributed by atoms with Crippen LogP contribution in [0.2, 0.25) is 0 Å². The van der Waals surface area contributed by atoms with Gasteiger partial charge in [0.2, 0.25) is 0 Å². The van der Waals surface area contributed by atoms with E-state index in [1.807, 2.05) is 7.05 Å². The Kier molecular flexibility index (Phi) is 6.78. The molecule has 1 saturated heterocycles. The lowest BCUT2D eigenvalue weighted by Gasteiger charge is -2.38. The Labute approximate surface area is 147 Å². The molecule has 0 radical (unpaired) electrons. The number of likely N-dealkylation sites (tertiary alicyclic amines) is 1. The summed E-state index contributed by atoms with van der Waals surface area (Å²) in [6.45, 7) is 9.06. The number of rotatable bonds is 4. The predicted octanol–water partition coefficient (Wildman–Crippen LogP) is 2.64. The number of nitrogens with one attached hydrogen (secondary N) is 1. The van der Waals surface area contributed by atoms with E-state index in [4.69, 9.17) is 0 Å². The third-order valence-corrected chi connectivity index (χ3v) is 4.83. The molecule has 0 bridgehead atoms. The van der Waals surface area contributed by atoms with Gasteiger partial charge in [-0.05, 0) is 44.2 Å². The van der Waals surface area contributed by atoms with Gasteiger partial charge >= 0.3 is 0 Å². The van der Waals surface area contributed by atoms with Crippen molar-refractivity contribution in [3.8, 4) is 0 Å². The molecule has 1 aliphatic carbocycles. The summed E-state index contributed by atoms with van der Waals surface area (Å²) in [5, 5.41) is 3.59. The van der Waals surface area contributed by atoms with E-state index < -0.39 is 0 Å². The van der Waals surface area contributed by atoms with Crippen molar-refractivity contribution in [3.05, 3.63) is 0 Å². The molecule has 0 atom stereocenters. The molecule has 0 unspecified atom stereocenters. The SMILES string of the molecule is CN=C(NCC(C)(C)CN(C)C)N1CCC2(CCC2)C1.I. The molecule has 4 nitrogen and oxygen atoms in total. The van der Waals surface area contributed by atoms with E-state index in [0.717, 1.165) is 19.0 Å². The molecular weight excluding hydrogens is 375 g/mol. The van der Waals surface area contributed by atoms with Crippen LogP contribution in [0.5, 0.6) is 0 Å². The summed E-state index contributed by atoms with van der Waals surface area (Å²) in [7, 11) is 6.18. The number of hydrogen-bond donors (Lipinski definition) is 1. The third kappa shape index (κ3) is 4.98. The van der Waals surface area contributed by atoms with E-state index >= 15 is 0 Å². The summed E-state index contributed by atoms with van der Waals surface area (Å²) in [6, 6.07) is 0. The standard InChI is InChI=1S/C16H32N4.HI/c1-15(2,12-19(4)5)11-18-14(17-3)20-10-9-16(13-20)7-6-8-16;/h6-13H2,1-5H3,(H,17,18);1H. The van der Waals surface area contributed by atoms with Crippen LogP contribution in [0.3, 0.4) is 0 Å². The van der Waals surface area contributed by atoms with Crippen molar-refractivity contribution in [3.63, 3.8) is 0 Å². The molecule has 1 aliphatic heterocycles. The molecular formula is C16H33IN4. The molecule has 0 aromatic heterocycles. The minimum atomic E-state index is 0.